The zero-order chi connectivity index (χ0) is 20.5. The normalized spacial score (nSPS) is 21.8. The molecule has 2 amide bonds. The lowest BCUT2D eigenvalue weighted by atomic mass is 9.94. The van der Waals surface area contributed by atoms with E-state index in [0.717, 1.165) is 19.4 Å². The van der Waals surface area contributed by atoms with Crippen LogP contribution in [0.4, 0.5) is 0 Å². The van der Waals surface area contributed by atoms with Gasteiger partial charge in [0, 0.05) is 38.0 Å². The summed E-state index contributed by atoms with van der Waals surface area (Å²) >= 11 is 0. The second-order valence-corrected chi connectivity index (χ2v) is 8.76. The van der Waals surface area contributed by atoms with E-state index >= 15 is 0 Å². The molecule has 3 rings (SSSR count). The van der Waals surface area contributed by atoms with E-state index < -0.39 is 0 Å². The summed E-state index contributed by atoms with van der Waals surface area (Å²) in [5.74, 6) is 1.57. The van der Waals surface area contributed by atoms with E-state index in [9.17, 15) is 9.59 Å². The molecule has 2 aliphatic heterocycles. The number of hydrogen-bond acceptors (Lipinski definition) is 4. The quantitative estimate of drug-likeness (QED) is 0.844. The SMILES string of the molecule is COc1cccc(C(=O)N2CCC3(CC2)NC(C(C)C)C(=O)N3CC(C)C)c1. The average molecular weight is 388 g/mol. The van der Waals surface area contributed by atoms with Crippen LogP contribution < -0.4 is 10.1 Å². The number of hydrogen-bond donors (Lipinski definition) is 1. The molecule has 1 unspecified atom stereocenters. The van der Waals surface area contributed by atoms with Crippen molar-refractivity contribution in [2.45, 2.75) is 52.2 Å². The third-order valence-corrected chi connectivity index (χ3v) is 5.88. The Hall–Kier alpha value is -2.08. The van der Waals surface area contributed by atoms with Crippen LogP contribution in [-0.2, 0) is 4.79 Å². The van der Waals surface area contributed by atoms with Crippen LogP contribution in [0.5, 0.6) is 5.75 Å². The topological polar surface area (TPSA) is 61.9 Å². The van der Waals surface area contributed by atoms with Crippen LogP contribution in [0.1, 0.15) is 50.9 Å². The molecule has 2 saturated heterocycles. The van der Waals surface area contributed by atoms with Crippen molar-refractivity contribution in [3.05, 3.63) is 29.8 Å². The molecule has 2 aliphatic rings. The van der Waals surface area contributed by atoms with Gasteiger partial charge in [-0.15, -0.1) is 0 Å². The molecule has 0 aromatic heterocycles. The first-order valence-electron chi connectivity index (χ1n) is 10.3. The molecule has 1 atom stereocenters. The number of likely N-dealkylation sites (tertiary alicyclic amines) is 1. The largest absolute Gasteiger partial charge is 0.497 e. The summed E-state index contributed by atoms with van der Waals surface area (Å²) < 4.78 is 5.24. The molecular formula is C22H33N3O3. The highest BCUT2D eigenvalue weighted by molar-refractivity contribution is 5.94. The lowest BCUT2D eigenvalue weighted by molar-refractivity contribution is -0.134. The van der Waals surface area contributed by atoms with Gasteiger partial charge in [-0.2, -0.15) is 0 Å². The van der Waals surface area contributed by atoms with E-state index in [4.69, 9.17) is 4.74 Å². The van der Waals surface area contributed by atoms with Crippen molar-refractivity contribution < 1.29 is 14.3 Å². The Labute approximate surface area is 168 Å². The Morgan fingerprint density at radius 3 is 2.50 bits per heavy atom. The summed E-state index contributed by atoms with van der Waals surface area (Å²) in [4.78, 5) is 29.9. The lowest BCUT2D eigenvalue weighted by Gasteiger charge is -2.45. The molecule has 0 radical (unpaired) electrons. The highest BCUT2D eigenvalue weighted by Gasteiger charge is 2.52. The maximum atomic E-state index is 13.0. The maximum absolute atomic E-state index is 13.0. The molecule has 0 saturated carbocycles. The van der Waals surface area contributed by atoms with Crippen molar-refractivity contribution in [1.82, 2.24) is 15.1 Å². The highest BCUT2D eigenvalue weighted by atomic mass is 16.5. The number of nitrogens with one attached hydrogen (secondary N) is 1. The number of carbonyl (C=O) groups excluding carboxylic acids is 2. The summed E-state index contributed by atoms with van der Waals surface area (Å²) in [6.45, 7) is 10.5. The van der Waals surface area contributed by atoms with Gasteiger partial charge in [0.1, 0.15) is 5.75 Å². The fraction of sp³-hybridized carbons (Fsp3) is 0.636. The summed E-state index contributed by atoms with van der Waals surface area (Å²) in [5.41, 5.74) is 0.311. The van der Waals surface area contributed by atoms with Crippen molar-refractivity contribution in [3.63, 3.8) is 0 Å². The molecule has 0 bridgehead atoms. The van der Waals surface area contributed by atoms with E-state index in [1.165, 1.54) is 0 Å². The van der Waals surface area contributed by atoms with Gasteiger partial charge in [0.2, 0.25) is 5.91 Å². The summed E-state index contributed by atoms with van der Waals surface area (Å²) in [5, 5.41) is 3.65. The Morgan fingerprint density at radius 1 is 1.25 bits per heavy atom. The second kappa shape index (κ2) is 8.11. The number of carbonyl (C=O) groups is 2. The third kappa shape index (κ3) is 3.88. The Bertz CT molecular complexity index is 723. The summed E-state index contributed by atoms with van der Waals surface area (Å²) in [6, 6.07) is 7.15. The first kappa shape index (κ1) is 20.6. The van der Waals surface area contributed by atoms with Crippen LogP contribution in [-0.4, -0.2) is 60.1 Å². The number of rotatable bonds is 5. The third-order valence-electron chi connectivity index (χ3n) is 5.88. The smallest absolute Gasteiger partial charge is 0.253 e. The number of benzene rings is 1. The van der Waals surface area contributed by atoms with Gasteiger partial charge in [-0.1, -0.05) is 33.8 Å². The van der Waals surface area contributed by atoms with Gasteiger partial charge in [-0.25, -0.2) is 0 Å². The van der Waals surface area contributed by atoms with Crippen LogP contribution in [0.3, 0.4) is 0 Å². The molecule has 2 fully saturated rings. The molecular weight excluding hydrogens is 354 g/mol. The van der Waals surface area contributed by atoms with Gasteiger partial charge in [-0.05, 0) is 30.0 Å². The van der Waals surface area contributed by atoms with Gasteiger partial charge in [0.25, 0.3) is 5.91 Å². The molecule has 0 aliphatic carbocycles. The zero-order valence-corrected chi connectivity index (χ0v) is 17.7. The monoisotopic (exact) mass is 387 g/mol. The van der Waals surface area contributed by atoms with E-state index in [1.54, 1.807) is 13.2 Å². The number of piperidine rings is 1. The Morgan fingerprint density at radius 2 is 1.93 bits per heavy atom. The molecule has 1 aromatic rings. The van der Waals surface area contributed by atoms with Gasteiger partial charge < -0.3 is 14.5 Å². The number of methoxy groups -OCH3 is 1. The van der Waals surface area contributed by atoms with E-state index in [2.05, 4.69) is 37.9 Å². The van der Waals surface area contributed by atoms with Gasteiger partial charge in [0.15, 0.2) is 0 Å². The first-order valence-corrected chi connectivity index (χ1v) is 10.3. The number of amides is 2. The van der Waals surface area contributed by atoms with Gasteiger partial charge in [-0.3, -0.25) is 14.9 Å². The standard InChI is InChI=1S/C22H33N3O3/c1-15(2)14-25-21(27)19(16(3)4)23-22(25)9-11-24(12-10-22)20(26)17-7-6-8-18(13-17)28-5/h6-8,13,15-16,19,23H,9-12,14H2,1-5H3. The van der Waals surface area contributed by atoms with Crippen LogP contribution >= 0.6 is 0 Å². The highest BCUT2D eigenvalue weighted by Crippen LogP contribution is 2.35. The maximum Gasteiger partial charge on any atom is 0.253 e. The summed E-state index contributed by atoms with van der Waals surface area (Å²) in [6.07, 6.45) is 1.51. The molecule has 6 nitrogen and oxygen atoms in total. The van der Waals surface area contributed by atoms with Crippen LogP contribution in [0.15, 0.2) is 24.3 Å². The predicted octanol–water partition coefficient (Wildman–Crippen LogP) is 2.74. The number of nitrogens with zero attached hydrogens (tertiary/aromatic N) is 2. The minimum atomic E-state index is -0.332. The van der Waals surface area contributed by atoms with Crippen molar-refractivity contribution in [2.75, 3.05) is 26.7 Å². The van der Waals surface area contributed by atoms with Crippen LogP contribution in [0.2, 0.25) is 0 Å². The minimum Gasteiger partial charge on any atom is -0.497 e. The van der Waals surface area contributed by atoms with E-state index in [-0.39, 0.29) is 29.4 Å². The van der Waals surface area contributed by atoms with Gasteiger partial charge in [0.05, 0.1) is 18.8 Å². The first-order chi connectivity index (χ1) is 13.3. The number of ether oxygens (including phenoxy) is 1. The Balaban J connectivity index is 1.74. The molecule has 28 heavy (non-hydrogen) atoms. The van der Waals surface area contributed by atoms with Crippen LogP contribution in [0.25, 0.3) is 0 Å². The van der Waals surface area contributed by atoms with E-state index in [1.807, 2.05) is 23.1 Å². The van der Waals surface area contributed by atoms with Crippen LogP contribution in [0, 0.1) is 11.8 Å². The van der Waals surface area contributed by atoms with Crippen molar-refractivity contribution in [1.29, 1.82) is 0 Å². The Kier molecular flexibility index (Phi) is 5.98. The molecule has 6 heteroatoms. The second-order valence-electron chi connectivity index (χ2n) is 8.76. The van der Waals surface area contributed by atoms with Gasteiger partial charge >= 0.3 is 0 Å². The summed E-state index contributed by atoms with van der Waals surface area (Å²) in [7, 11) is 1.60. The molecule has 2 heterocycles. The fourth-order valence-corrected chi connectivity index (χ4v) is 4.32. The average Bonchev–Trinajstić information content (AvgIpc) is 2.94. The predicted molar refractivity (Wildman–Crippen MR) is 109 cm³/mol. The zero-order valence-electron chi connectivity index (χ0n) is 17.7. The molecule has 1 N–H and O–H groups in total. The lowest BCUT2D eigenvalue weighted by Crippen LogP contribution is -2.60. The molecule has 1 spiro atoms. The van der Waals surface area contributed by atoms with Crippen molar-refractivity contribution in [3.8, 4) is 5.75 Å². The van der Waals surface area contributed by atoms with Crippen molar-refractivity contribution in [2.24, 2.45) is 11.8 Å². The molecule has 154 valence electrons. The molecule has 1 aromatic carbocycles. The van der Waals surface area contributed by atoms with Crippen molar-refractivity contribution >= 4 is 11.8 Å². The van der Waals surface area contributed by atoms with E-state index in [0.29, 0.717) is 30.3 Å². The fourth-order valence-electron chi connectivity index (χ4n) is 4.32. The minimum absolute atomic E-state index is 0.0221.